The second-order valence-corrected chi connectivity index (χ2v) is 7.44. The molecule has 25 heavy (non-hydrogen) atoms. The smallest absolute Gasteiger partial charge is 0.234 e. The van der Waals surface area contributed by atoms with Crippen molar-refractivity contribution in [3.63, 3.8) is 0 Å². The maximum absolute atomic E-state index is 4.74. The highest BCUT2D eigenvalue weighted by atomic mass is 15.0. The minimum Gasteiger partial charge on any atom is -0.245 e. The Morgan fingerprint density at radius 1 is 1.00 bits per heavy atom. The maximum atomic E-state index is 4.74. The van der Waals surface area contributed by atoms with Crippen LogP contribution in [-0.4, -0.2) is 4.98 Å². The molecule has 0 amide bonds. The number of hydrogen-bond donors (Lipinski definition) is 0. The van der Waals surface area contributed by atoms with E-state index in [-0.39, 0.29) is 5.41 Å². The van der Waals surface area contributed by atoms with Crippen molar-refractivity contribution >= 4 is 10.8 Å². The van der Waals surface area contributed by atoms with Crippen LogP contribution in [0.2, 0.25) is 0 Å². The van der Waals surface area contributed by atoms with Gasteiger partial charge in [-0.3, -0.25) is 0 Å². The molecule has 0 saturated heterocycles. The summed E-state index contributed by atoms with van der Waals surface area (Å²) in [6.07, 6.45) is 4.37. The molecule has 3 rings (SSSR count). The minimum atomic E-state index is 0.156. The van der Waals surface area contributed by atoms with Gasteiger partial charge in [-0.25, -0.2) is 4.98 Å². The third-order valence-electron chi connectivity index (χ3n) is 5.77. The van der Waals surface area contributed by atoms with Crippen LogP contribution in [-0.2, 0) is 12.5 Å². The molecule has 0 aliphatic carbocycles. The first-order chi connectivity index (χ1) is 11.9. The molecule has 2 heteroatoms. The first-order valence-electron chi connectivity index (χ1n) is 9.27. The topological polar surface area (TPSA) is 16.8 Å². The highest BCUT2D eigenvalue weighted by Gasteiger charge is 2.30. The van der Waals surface area contributed by atoms with E-state index in [0.717, 1.165) is 24.2 Å². The Labute approximate surface area is 151 Å². The first kappa shape index (κ1) is 17.6. The number of aromatic nitrogens is 2. The highest BCUT2D eigenvalue weighted by molar-refractivity contribution is 5.89. The van der Waals surface area contributed by atoms with E-state index in [0.29, 0.717) is 0 Å². The quantitative estimate of drug-likeness (QED) is 0.582. The number of nitrogens with zero attached hydrogens (tertiary/aromatic N) is 2. The highest BCUT2D eigenvalue weighted by Crippen LogP contribution is 2.40. The Hall–Kier alpha value is -2.22. The van der Waals surface area contributed by atoms with Crippen molar-refractivity contribution in [2.75, 3.05) is 0 Å². The van der Waals surface area contributed by atoms with Gasteiger partial charge in [-0.15, -0.1) is 0 Å². The van der Waals surface area contributed by atoms with Crippen LogP contribution in [0.4, 0.5) is 0 Å². The minimum absolute atomic E-state index is 0.156. The molecule has 0 aliphatic rings. The Morgan fingerprint density at radius 3 is 2.16 bits per heavy atom. The molecule has 2 aromatic carbocycles. The average Bonchev–Trinajstić information content (AvgIpc) is 2.59. The van der Waals surface area contributed by atoms with Crippen LogP contribution in [0.25, 0.3) is 22.0 Å². The first-order valence-corrected chi connectivity index (χ1v) is 9.27. The van der Waals surface area contributed by atoms with Crippen molar-refractivity contribution < 1.29 is 4.57 Å². The van der Waals surface area contributed by atoms with Gasteiger partial charge in [-0.2, -0.15) is 4.57 Å². The Bertz CT molecular complexity index is 898. The normalized spacial score (nSPS) is 11.9. The molecular formula is C23H29N2+. The number of hydrogen-bond acceptors (Lipinski definition) is 1. The Morgan fingerprint density at radius 2 is 1.60 bits per heavy atom. The number of benzene rings is 2. The van der Waals surface area contributed by atoms with Crippen molar-refractivity contribution in [2.45, 2.75) is 52.9 Å². The fourth-order valence-corrected chi connectivity index (χ4v) is 3.90. The van der Waals surface area contributed by atoms with E-state index >= 15 is 0 Å². The van der Waals surface area contributed by atoms with Crippen molar-refractivity contribution in [1.82, 2.24) is 4.98 Å². The van der Waals surface area contributed by atoms with Crippen molar-refractivity contribution in [2.24, 2.45) is 7.05 Å². The zero-order chi connectivity index (χ0) is 18.2. The summed E-state index contributed by atoms with van der Waals surface area (Å²) in [7, 11) is 2.13. The summed E-state index contributed by atoms with van der Waals surface area (Å²) < 4.78 is 2.23. The van der Waals surface area contributed by atoms with Gasteiger partial charge in [0, 0.05) is 0 Å². The predicted molar refractivity (Wildman–Crippen MR) is 106 cm³/mol. The van der Waals surface area contributed by atoms with Crippen molar-refractivity contribution in [3.8, 4) is 11.3 Å². The molecule has 0 N–H and O–H groups in total. The van der Waals surface area contributed by atoms with E-state index in [1.165, 1.54) is 27.6 Å². The van der Waals surface area contributed by atoms with Crippen LogP contribution < -0.4 is 4.57 Å². The van der Waals surface area contributed by atoms with E-state index in [2.05, 4.69) is 88.8 Å². The number of fused-ring (bicyclic) bond motifs is 1. The van der Waals surface area contributed by atoms with Crippen LogP contribution >= 0.6 is 0 Å². The summed E-state index contributed by atoms with van der Waals surface area (Å²) >= 11 is 0. The summed E-state index contributed by atoms with van der Waals surface area (Å²) in [5, 5.41) is 2.60. The van der Waals surface area contributed by atoms with Gasteiger partial charge in [0.2, 0.25) is 5.69 Å². The van der Waals surface area contributed by atoms with Crippen LogP contribution in [0.15, 0.2) is 42.6 Å². The van der Waals surface area contributed by atoms with Gasteiger partial charge in [-0.1, -0.05) is 45.0 Å². The lowest BCUT2D eigenvalue weighted by atomic mass is 9.74. The molecule has 2 nitrogen and oxygen atoms in total. The summed E-state index contributed by atoms with van der Waals surface area (Å²) in [4.78, 5) is 4.74. The van der Waals surface area contributed by atoms with Gasteiger partial charge in [-0.05, 0) is 60.6 Å². The summed E-state index contributed by atoms with van der Waals surface area (Å²) in [6, 6.07) is 13.4. The molecule has 3 aromatic rings. The lowest BCUT2D eigenvalue weighted by Gasteiger charge is -2.30. The second kappa shape index (κ2) is 6.59. The van der Waals surface area contributed by atoms with E-state index < -0.39 is 0 Å². The molecule has 0 fully saturated rings. The zero-order valence-corrected chi connectivity index (χ0v) is 16.4. The predicted octanol–water partition coefficient (Wildman–Crippen LogP) is 5.42. The Kier molecular flexibility index (Phi) is 4.64. The van der Waals surface area contributed by atoms with E-state index in [1.807, 2.05) is 0 Å². The number of aryl methyl sites for hydroxylation is 3. The fourth-order valence-electron chi connectivity index (χ4n) is 3.90. The van der Waals surface area contributed by atoms with Gasteiger partial charge < -0.3 is 0 Å². The zero-order valence-electron chi connectivity index (χ0n) is 16.4. The van der Waals surface area contributed by atoms with Crippen LogP contribution in [0.5, 0.6) is 0 Å². The molecule has 0 atom stereocenters. The van der Waals surface area contributed by atoms with Crippen LogP contribution in [0.3, 0.4) is 0 Å². The molecule has 0 aliphatic heterocycles. The number of rotatable bonds is 4. The molecule has 0 radical (unpaired) electrons. The average molecular weight is 333 g/mol. The Balaban J connectivity index is 2.41. The molecule has 130 valence electrons. The van der Waals surface area contributed by atoms with Gasteiger partial charge >= 0.3 is 0 Å². The lowest BCUT2D eigenvalue weighted by Crippen LogP contribution is -2.34. The monoisotopic (exact) mass is 333 g/mol. The van der Waals surface area contributed by atoms with Crippen molar-refractivity contribution in [1.29, 1.82) is 0 Å². The molecule has 0 bridgehead atoms. The molecule has 0 spiro atoms. The molecule has 0 saturated carbocycles. The van der Waals surface area contributed by atoms with Gasteiger partial charge in [0.05, 0.1) is 5.56 Å². The lowest BCUT2D eigenvalue weighted by molar-refractivity contribution is -0.661. The standard InChI is InChI=1S/C23H29N2/c1-7-23(5,8-2)21-14-19-12-10-9-11-18(19)13-20(21)22-17(4)24-16(3)15-25(22)6/h9-15H,7-8H2,1-6H3/q+1. The van der Waals surface area contributed by atoms with Gasteiger partial charge in [0.15, 0.2) is 6.20 Å². The molecule has 0 unspecified atom stereocenters. The van der Waals surface area contributed by atoms with Crippen molar-refractivity contribution in [3.05, 3.63) is 59.5 Å². The van der Waals surface area contributed by atoms with E-state index in [4.69, 9.17) is 4.98 Å². The fraction of sp³-hybridized carbons (Fsp3) is 0.391. The third-order valence-corrected chi connectivity index (χ3v) is 5.77. The second-order valence-electron chi connectivity index (χ2n) is 7.44. The van der Waals surface area contributed by atoms with E-state index in [9.17, 15) is 0 Å². The van der Waals surface area contributed by atoms with Crippen LogP contribution in [0.1, 0.15) is 50.6 Å². The molecular weight excluding hydrogens is 304 g/mol. The summed E-state index contributed by atoms with van der Waals surface area (Å²) in [5.74, 6) is 0. The van der Waals surface area contributed by atoms with Gasteiger partial charge in [0.1, 0.15) is 18.4 Å². The van der Waals surface area contributed by atoms with Crippen LogP contribution in [0, 0.1) is 13.8 Å². The molecule has 1 heterocycles. The summed E-state index contributed by atoms with van der Waals surface area (Å²) in [5.41, 5.74) is 6.27. The molecule has 1 aromatic heterocycles. The third kappa shape index (κ3) is 3.06. The summed E-state index contributed by atoms with van der Waals surface area (Å²) in [6.45, 7) is 11.2. The SMILES string of the molecule is CCC(C)(CC)c1cc2ccccc2cc1-c1c(C)nc(C)c[n+]1C. The van der Waals surface area contributed by atoms with E-state index in [1.54, 1.807) is 0 Å². The maximum Gasteiger partial charge on any atom is 0.234 e. The largest absolute Gasteiger partial charge is 0.245 e. The van der Waals surface area contributed by atoms with Gasteiger partial charge in [0.25, 0.3) is 0 Å².